The number of oxazole rings is 1. The molecule has 0 N–H and O–H groups in total. The van der Waals surface area contributed by atoms with Crippen molar-refractivity contribution in [1.82, 2.24) is 4.98 Å². The van der Waals surface area contributed by atoms with E-state index >= 15 is 0 Å². The van der Waals surface area contributed by atoms with Crippen molar-refractivity contribution in [3.8, 4) is 11.5 Å². The Morgan fingerprint density at radius 1 is 1.00 bits per heavy atom. The molecule has 1 atom stereocenters. The quantitative estimate of drug-likeness (QED) is 0.505. The topological polar surface area (TPSA) is 69.4 Å². The molecule has 0 aliphatic rings. The second-order valence-corrected chi connectivity index (χ2v) is 6.07. The van der Waals surface area contributed by atoms with Crippen LogP contribution in [0.1, 0.15) is 39.1 Å². The number of Topliss-reactive ketones (excluding diaryl/α,β-unsaturated/α-hetero) is 1. The first kappa shape index (κ1) is 17.6. The zero-order valence-corrected chi connectivity index (χ0v) is 14.9. The molecule has 2 aromatic carbocycles. The maximum Gasteiger partial charge on any atom is 0.361 e. The normalized spacial score (nSPS) is 11.8. The summed E-state index contributed by atoms with van der Waals surface area (Å²) < 4.78 is 10.9. The van der Waals surface area contributed by atoms with E-state index in [0.29, 0.717) is 17.2 Å². The fourth-order valence-electron chi connectivity index (χ4n) is 2.51. The fraction of sp³-hybridized carbons (Fsp3) is 0.190. The molecule has 132 valence electrons. The minimum absolute atomic E-state index is 0.0763. The molecule has 0 saturated carbocycles. The van der Waals surface area contributed by atoms with E-state index in [4.69, 9.17) is 9.15 Å². The number of hydrogen-bond donors (Lipinski definition) is 0. The van der Waals surface area contributed by atoms with Crippen LogP contribution in [-0.2, 0) is 4.74 Å². The van der Waals surface area contributed by atoms with Gasteiger partial charge in [-0.1, -0.05) is 48.0 Å². The summed E-state index contributed by atoms with van der Waals surface area (Å²) in [6.07, 6.45) is -0.915. The standard InChI is InChI=1S/C21H19NO4/c1-13-9-11-16(12-10-13)19(23)15(3)26-21(24)18-14(2)25-20(22-18)17-7-5-4-6-8-17/h4-12,15H,1-3H3/t15-/m1/s1. The van der Waals surface area contributed by atoms with Crippen LogP contribution < -0.4 is 0 Å². The van der Waals surface area contributed by atoms with Crippen molar-refractivity contribution in [3.63, 3.8) is 0 Å². The van der Waals surface area contributed by atoms with E-state index in [1.54, 1.807) is 26.0 Å². The van der Waals surface area contributed by atoms with Crippen molar-refractivity contribution >= 4 is 11.8 Å². The molecule has 5 heteroatoms. The molecule has 0 aliphatic carbocycles. The van der Waals surface area contributed by atoms with Crippen LogP contribution in [0, 0.1) is 13.8 Å². The van der Waals surface area contributed by atoms with Crippen LogP contribution in [0.25, 0.3) is 11.5 Å². The smallest absolute Gasteiger partial charge is 0.361 e. The SMILES string of the molecule is Cc1ccc(C(=O)[C@@H](C)OC(=O)c2nc(-c3ccccc3)oc2C)cc1. The number of aromatic nitrogens is 1. The van der Waals surface area contributed by atoms with E-state index in [-0.39, 0.29) is 11.5 Å². The Kier molecular flexibility index (Phi) is 4.98. The summed E-state index contributed by atoms with van der Waals surface area (Å²) in [4.78, 5) is 29.1. The van der Waals surface area contributed by atoms with E-state index in [1.165, 1.54) is 0 Å². The molecule has 0 bridgehead atoms. The molecule has 0 saturated heterocycles. The van der Waals surface area contributed by atoms with Gasteiger partial charge in [0.05, 0.1) is 0 Å². The average molecular weight is 349 g/mol. The van der Waals surface area contributed by atoms with Gasteiger partial charge in [0.15, 0.2) is 11.8 Å². The molecule has 0 unspecified atom stereocenters. The summed E-state index contributed by atoms with van der Waals surface area (Å²) in [6, 6.07) is 16.4. The summed E-state index contributed by atoms with van der Waals surface area (Å²) in [7, 11) is 0. The van der Waals surface area contributed by atoms with Crippen LogP contribution in [0.4, 0.5) is 0 Å². The number of carbonyl (C=O) groups is 2. The van der Waals surface area contributed by atoms with Gasteiger partial charge in [0, 0.05) is 11.1 Å². The van der Waals surface area contributed by atoms with Crippen molar-refractivity contribution < 1.29 is 18.7 Å². The number of aryl methyl sites for hydroxylation is 2. The van der Waals surface area contributed by atoms with Gasteiger partial charge in [-0.25, -0.2) is 9.78 Å². The van der Waals surface area contributed by atoms with E-state index < -0.39 is 12.1 Å². The van der Waals surface area contributed by atoms with Gasteiger partial charge >= 0.3 is 5.97 Å². The van der Waals surface area contributed by atoms with Crippen molar-refractivity contribution in [2.75, 3.05) is 0 Å². The molecule has 1 aromatic heterocycles. The molecule has 1 heterocycles. The number of hydrogen-bond acceptors (Lipinski definition) is 5. The molecule has 0 spiro atoms. The van der Waals surface area contributed by atoms with Gasteiger partial charge in [-0.2, -0.15) is 0 Å². The lowest BCUT2D eigenvalue weighted by atomic mass is 10.1. The van der Waals surface area contributed by atoms with Crippen LogP contribution >= 0.6 is 0 Å². The largest absolute Gasteiger partial charge is 0.449 e. The monoisotopic (exact) mass is 349 g/mol. The minimum atomic E-state index is -0.915. The minimum Gasteiger partial charge on any atom is -0.449 e. The predicted octanol–water partition coefficient (Wildman–Crippen LogP) is 4.39. The van der Waals surface area contributed by atoms with Crippen LogP contribution in [0.3, 0.4) is 0 Å². The summed E-state index contributed by atoms with van der Waals surface area (Å²) in [5.74, 6) is -0.249. The highest BCUT2D eigenvalue weighted by molar-refractivity contribution is 6.01. The lowest BCUT2D eigenvalue weighted by Gasteiger charge is -2.11. The van der Waals surface area contributed by atoms with Crippen LogP contribution in [0.5, 0.6) is 0 Å². The molecule has 0 radical (unpaired) electrons. The number of esters is 1. The zero-order chi connectivity index (χ0) is 18.7. The number of rotatable bonds is 5. The van der Waals surface area contributed by atoms with Crippen LogP contribution in [-0.4, -0.2) is 22.8 Å². The van der Waals surface area contributed by atoms with Crippen molar-refractivity contribution in [1.29, 1.82) is 0 Å². The van der Waals surface area contributed by atoms with E-state index in [0.717, 1.165) is 11.1 Å². The third-order valence-corrected chi connectivity index (χ3v) is 4.00. The van der Waals surface area contributed by atoms with Crippen LogP contribution in [0.15, 0.2) is 59.0 Å². The number of ether oxygens (including phenoxy) is 1. The van der Waals surface area contributed by atoms with Gasteiger partial charge in [0.1, 0.15) is 5.76 Å². The first-order chi connectivity index (χ1) is 12.5. The highest BCUT2D eigenvalue weighted by atomic mass is 16.5. The highest BCUT2D eigenvalue weighted by Gasteiger charge is 2.25. The molecule has 5 nitrogen and oxygen atoms in total. The van der Waals surface area contributed by atoms with E-state index in [1.807, 2.05) is 49.4 Å². The molecule has 3 rings (SSSR count). The number of carbonyl (C=O) groups excluding carboxylic acids is 2. The van der Waals surface area contributed by atoms with Crippen molar-refractivity contribution in [2.45, 2.75) is 26.9 Å². The molecule has 0 amide bonds. The Balaban J connectivity index is 1.74. The zero-order valence-electron chi connectivity index (χ0n) is 14.9. The fourth-order valence-corrected chi connectivity index (χ4v) is 2.51. The first-order valence-corrected chi connectivity index (χ1v) is 8.30. The molecule has 0 aliphatic heterocycles. The Hall–Kier alpha value is -3.21. The first-order valence-electron chi connectivity index (χ1n) is 8.30. The highest BCUT2D eigenvalue weighted by Crippen LogP contribution is 2.22. The number of nitrogens with zero attached hydrogens (tertiary/aromatic N) is 1. The Bertz CT molecular complexity index is 926. The summed E-state index contributed by atoms with van der Waals surface area (Å²) in [5.41, 5.74) is 2.39. The van der Waals surface area contributed by atoms with E-state index in [2.05, 4.69) is 4.98 Å². The average Bonchev–Trinajstić information content (AvgIpc) is 3.04. The second-order valence-electron chi connectivity index (χ2n) is 6.07. The van der Waals surface area contributed by atoms with Gasteiger partial charge < -0.3 is 9.15 Å². The van der Waals surface area contributed by atoms with Crippen molar-refractivity contribution in [3.05, 3.63) is 77.2 Å². The van der Waals surface area contributed by atoms with Gasteiger partial charge in [0.2, 0.25) is 11.7 Å². The molecule has 3 aromatic rings. The molecule has 0 fully saturated rings. The Labute approximate surface area is 151 Å². The maximum absolute atomic E-state index is 12.4. The van der Waals surface area contributed by atoms with Crippen molar-refractivity contribution in [2.24, 2.45) is 0 Å². The van der Waals surface area contributed by atoms with Gasteiger partial charge in [0.25, 0.3) is 0 Å². The molecular weight excluding hydrogens is 330 g/mol. The molecular formula is C21H19NO4. The van der Waals surface area contributed by atoms with E-state index in [9.17, 15) is 9.59 Å². The van der Waals surface area contributed by atoms with Gasteiger partial charge in [-0.15, -0.1) is 0 Å². The summed E-state index contributed by atoms with van der Waals surface area (Å²) >= 11 is 0. The lowest BCUT2D eigenvalue weighted by Crippen LogP contribution is -2.25. The Morgan fingerprint density at radius 3 is 2.31 bits per heavy atom. The second kappa shape index (κ2) is 7.35. The number of ketones is 1. The summed E-state index contributed by atoms with van der Waals surface area (Å²) in [5, 5.41) is 0. The van der Waals surface area contributed by atoms with Gasteiger partial charge in [-0.05, 0) is 32.9 Å². The number of benzene rings is 2. The molecule has 26 heavy (non-hydrogen) atoms. The van der Waals surface area contributed by atoms with Crippen LogP contribution in [0.2, 0.25) is 0 Å². The van der Waals surface area contributed by atoms with Gasteiger partial charge in [-0.3, -0.25) is 4.79 Å². The lowest BCUT2D eigenvalue weighted by molar-refractivity contribution is 0.0312. The predicted molar refractivity (Wildman–Crippen MR) is 97.1 cm³/mol. The Morgan fingerprint density at radius 2 is 1.65 bits per heavy atom. The third kappa shape index (κ3) is 3.72. The summed E-state index contributed by atoms with van der Waals surface area (Å²) in [6.45, 7) is 5.13. The maximum atomic E-state index is 12.4. The third-order valence-electron chi connectivity index (χ3n) is 4.00.